The number of amides is 3. The third-order valence-electron chi connectivity index (χ3n) is 6.35. The van der Waals surface area contributed by atoms with Crippen LogP contribution in [-0.4, -0.2) is 80.9 Å². The number of ether oxygens (including phenoxy) is 2. The number of aliphatic hydroxyl groups excluding tert-OH is 2. The van der Waals surface area contributed by atoms with E-state index < -0.39 is 36.5 Å². The number of carbonyl (C=O) groups is 3. The van der Waals surface area contributed by atoms with Crippen LogP contribution in [0.15, 0.2) is 67.1 Å². The number of primary amides is 1. The van der Waals surface area contributed by atoms with Crippen molar-refractivity contribution < 1.29 is 34.1 Å². The molecule has 3 amide bonds. The molecule has 4 atom stereocenters. The number of alkyl carbamates (subject to hydrolysis) is 1. The molecule has 0 bridgehead atoms. The second-order valence-electron chi connectivity index (χ2n) is 9.93. The summed E-state index contributed by atoms with van der Waals surface area (Å²) in [5.74, 6) is -1.24. The number of aliphatic hydroxyl groups is 2. The second kappa shape index (κ2) is 21.6. The molecule has 0 unspecified atom stereocenters. The van der Waals surface area contributed by atoms with Crippen molar-refractivity contribution in [1.29, 1.82) is 0 Å². The van der Waals surface area contributed by atoms with Gasteiger partial charge in [-0.25, -0.2) is 14.5 Å². The van der Waals surface area contributed by atoms with Crippen molar-refractivity contribution in [2.45, 2.75) is 82.8 Å². The maximum atomic E-state index is 12.0. The highest BCUT2D eigenvalue weighted by atomic mass is 16.6. The van der Waals surface area contributed by atoms with Crippen molar-refractivity contribution in [3.8, 4) is 0 Å². The Morgan fingerprint density at radius 3 is 2.11 bits per heavy atom. The number of carbonyl (C=O) groups excluding carboxylic acids is 3. The van der Waals surface area contributed by atoms with Crippen LogP contribution in [-0.2, 0) is 14.3 Å². The van der Waals surface area contributed by atoms with E-state index in [-0.39, 0.29) is 31.4 Å². The quantitative estimate of drug-likeness (QED) is 0.109. The van der Waals surface area contributed by atoms with Gasteiger partial charge in [0.25, 0.3) is 5.91 Å². The molecule has 6 N–H and O–H groups in total. The molecule has 1 aromatic rings. The standard InChI is InChI=1S/C31H46N6O7/c1-2-3-4-5-6-7-8-9-10-11-12-13-14-15-16-17-18-19-25(38)33-20-21-34-31(42)43-22-24-26(39)27(40)30(44-24)37-23-35-29(36-37)28(32)41/h3-4,6-7,9-10,12-13,15-16,23-24,26-27,30,39-40H,2,5,8,11,14,17-22H2,1H3,(H2,32,41)(H,33,38)(H,34,42)/b4-3-,7-6-,10-9-,13-12-,16-15-/t24-,26-,27-,30-/m1/s1. The fraction of sp³-hybridized carbons (Fsp3) is 0.516. The topological polar surface area (TPSA) is 191 Å². The average molecular weight is 615 g/mol. The first-order valence-corrected chi connectivity index (χ1v) is 15.0. The summed E-state index contributed by atoms with van der Waals surface area (Å²) >= 11 is 0. The van der Waals surface area contributed by atoms with E-state index in [1.807, 2.05) is 0 Å². The zero-order chi connectivity index (χ0) is 32.0. The Hall–Kier alpha value is -4.07. The molecule has 1 aliphatic heterocycles. The highest BCUT2D eigenvalue weighted by Gasteiger charge is 2.45. The first kappa shape index (κ1) is 36.1. The van der Waals surface area contributed by atoms with Gasteiger partial charge in [0.05, 0.1) is 0 Å². The monoisotopic (exact) mass is 614 g/mol. The van der Waals surface area contributed by atoms with Crippen LogP contribution >= 0.6 is 0 Å². The molecule has 2 rings (SSSR count). The predicted molar refractivity (Wildman–Crippen MR) is 165 cm³/mol. The number of rotatable bonds is 20. The molecule has 13 nitrogen and oxygen atoms in total. The number of hydrogen-bond acceptors (Lipinski definition) is 9. The van der Waals surface area contributed by atoms with Gasteiger partial charge in [0.2, 0.25) is 11.7 Å². The molecule has 0 radical (unpaired) electrons. The highest BCUT2D eigenvalue weighted by molar-refractivity contribution is 5.88. The first-order chi connectivity index (χ1) is 21.3. The molecular formula is C31H46N6O7. The van der Waals surface area contributed by atoms with Crippen molar-refractivity contribution in [3.05, 3.63) is 72.9 Å². The SMILES string of the molecule is CC/C=C\C/C=C\C/C=C\C/C=C\C/C=C\CCCC(=O)NCCNC(=O)OC[C@H]1O[C@@H](n2cnc(C(N)=O)n2)[C@H](O)[C@@H]1O. The van der Waals surface area contributed by atoms with Crippen LogP contribution in [0.3, 0.4) is 0 Å². The van der Waals surface area contributed by atoms with Gasteiger partial charge in [-0.2, -0.15) is 0 Å². The van der Waals surface area contributed by atoms with Crippen molar-refractivity contribution in [3.63, 3.8) is 0 Å². The van der Waals surface area contributed by atoms with E-state index in [1.54, 1.807) is 0 Å². The summed E-state index contributed by atoms with van der Waals surface area (Å²) in [5, 5.41) is 29.5. The molecule has 1 saturated heterocycles. The molecule has 1 aromatic heterocycles. The molecule has 2 heterocycles. The Bertz CT molecular complexity index is 1160. The smallest absolute Gasteiger partial charge is 0.407 e. The van der Waals surface area contributed by atoms with E-state index in [0.717, 1.165) is 56.0 Å². The number of allylic oxidation sites excluding steroid dienone is 10. The minimum absolute atomic E-state index is 0.109. The third kappa shape index (κ3) is 14.4. The van der Waals surface area contributed by atoms with Crippen LogP contribution < -0.4 is 16.4 Å². The molecule has 242 valence electrons. The second-order valence-corrected chi connectivity index (χ2v) is 9.93. The average Bonchev–Trinajstić information content (AvgIpc) is 3.61. The Balaban J connectivity index is 1.47. The number of nitrogens with zero attached hydrogens (tertiary/aromatic N) is 3. The summed E-state index contributed by atoms with van der Waals surface area (Å²) in [5.41, 5.74) is 5.11. The van der Waals surface area contributed by atoms with Gasteiger partial charge in [0.15, 0.2) is 6.23 Å². The predicted octanol–water partition coefficient (Wildman–Crippen LogP) is 2.76. The summed E-state index contributed by atoms with van der Waals surface area (Å²) in [6, 6.07) is 0. The number of nitrogens with two attached hydrogens (primary N) is 1. The van der Waals surface area contributed by atoms with Crippen molar-refractivity contribution in [2.75, 3.05) is 19.7 Å². The van der Waals surface area contributed by atoms with Gasteiger partial charge in [0, 0.05) is 19.5 Å². The van der Waals surface area contributed by atoms with E-state index >= 15 is 0 Å². The van der Waals surface area contributed by atoms with Crippen LogP contribution in [0.25, 0.3) is 0 Å². The fourth-order valence-electron chi connectivity index (χ4n) is 4.01. The lowest BCUT2D eigenvalue weighted by Gasteiger charge is -2.15. The van der Waals surface area contributed by atoms with E-state index in [2.05, 4.69) is 88.4 Å². The third-order valence-corrected chi connectivity index (χ3v) is 6.35. The highest BCUT2D eigenvalue weighted by Crippen LogP contribution is 2.28. The van der Waals surface area contributed by atoms with Gasteiger partial charge in [-0.15, -0.1) is 5.10 Å². The van der Waals surface area contributed by atoms with Crippen molar-refractivity contribution in [2.24, 2.45) is 5.73 Å². The van der Waals surface area contributed by atoms with E-state index in [1.165, 1.54) is 0 Å². The molecule has 0 spiro atoms. The Labute approximate surface area is 258 Å². The largest absolute Gasteiger partial charge is 0.447 e. The summed E-state index contributed by atoms with van der Waals surface area (Å²) in [6.45, 7) is 2.16. The number of aromatic nitrogens is 3. The number of hydrogen-bond donors (Lipinski definition) is 5. The van der Waals surface area contributed by atoms with Crippen molar-refractivity contribution >= 4 is 17.9 Å². The Morgan fingerprint density at radius 2 is 1.52 bits per heavy atom. The molecular weight excluding hydrogens is 568 g/mol. The lowest BCUT2D eigenvalue weighted by molar-refractivity contribution is -0.121. The molecule has 1 aliphatic rings. The van der Waals surface area contributed by atoms with Gasteiger partial charge in [-0.1, -0.05) is 67.7 Å². The molecule has 44 heavy (non-hydrogen) atoms. The van der Waals surface area contributed by atoms with E-state index in [0.29, 0.717) is 6.42 Å². The van der Waals surface area contributed by atoms with Crippen molar-refractivity contribution in [1.82, 2.24) is 25.4 Å². The summed E-state index contributed by atoms with van der Waals surface area (Å²) in [6.07, 6.45) is 23.6. The Morgan fingerprint density at radius 1 is 0.932 bits per heavy atom. The minimum atomic E-state index is -1.40. The molecule has 0 aliphatic carbocycles. The van der Waals surface area contributed by atoms with Crippen LogP contribution in [0.1, 0.15) is 75.1 Å². The molecule has 0 saturated carbocycles. The lowest BCUT2D eigenvalue weighted by Crippen LogP contribution is -2.38. The van der Waals surface area contributed by atoms with Gasteiger partial charge in [0.1, 0.15) is 31.2 Å². The van der Waals surface area contributed by atoms with E-state index in [9.17, 15) is 24.6 Å². The normalized spacial score (nSPS) is 20.5. The summed E-state index contributed by atoms with van der Waals surface area (Å²) < 4.78 is 11.6. The van der Waals surface area contributed by atoms with Crippen LogP contribution in [0, 0.1) is 0 Å². The Kier molecular flexibility index (Phi) is 17.7. The molecule has 0 aromatic carbocycles. The maximum absolute atomic E-state index is 12.0. The van der Waals surface area contributed by atoms with Crippen LogP contribution in [0.5, 0.6) is 0 Å². The zero-order valence-corrected chi connectivity index (χ0v) is 25.3. The fourth-order valence-corrected chi connectivity index (χ4v) is 4.01. The van der Waals surface area contributed by atoms with Gasteiger partial charge >= 0.3 is 6.09 Å². The first-order valence-electron chi connectivity index (χ1n) is 15.0. The summed E-state index contributed by atoms with van der Waals surface area (Å²) in [7, 11) is 0. The molecule has 1 fully saturated rings. The summed E-state index contributed by atoms with van der Waals surface area (Å²) in [4.78, 5) is 38.8. The number of unbranched alkanes of at least 4 members (excludes halogenated alkanes) is 1. The van der Waals surface area contributed by atoms with Gasteiger partial charge in [-0.3, -0.25) is 9.59 Å². The van der Waals surface area contributed by atoms with Gasteiger partial charge < -0.3 is 36.1 Å². The van der Waals surface area contributed by atoms with E-state index in [4.69, 9.17) is 15.2 Å². The minimum Gasteiger partial charge on any atom is -0.447 e. The maximum Gasteiger partial charge on any atom is 0.407 e. The van der Waals surface area contributed by atoms with Crippen LogP contribution in [0.4, 0.5) is 4.79 Å². The molecule has 13 heteroatoms. The van der Waals surface area contributed by atoms with Gasteiger partial charge in [-0.05, 0) is 44.9 Å². The van der Waals surface area contributed by atoms with Crippen LogP contribution in [0.2, 0.25) is 0 Å². The lowest BCUT2D eigenvalue weighted by atomic mass is 10.1. The zero-order valence-electron chi connectivity index (χ0n) is 25.3. The number of nitrogens with one attached hydrogen (secondary N) is 2.